The predicted molar refractivity (Wildman–Crippen MR) is 139 cm³/mol. The van der Waals surface area contributed by atoms with Crippen LogP contribution in [0.5, 0.6) is 0 Å². The van der Waals surface area contributed by atoms with Crippen molar-refractivity contribution in [1.82, 2.24) is 21.0 Å². The van der Waals surface area contributed by atoms with E-state index in [4.69, 9.17) is 5.73 Å². The molecule has 1 fully saturated rings. The molecular formula is C23H32N8O3S. The molecular weight excluding hydrogens is 468 g/mol. The average Bonchev–Trinajstić information content (AvgIpc) is 2.85. The number of sulfonamides is 1. The van der Waals surface area contributed by atoms with Crippen LogP contribution in [-0.4, -0.2) is 61.4 Å². The van der Waals surface area contributed by atoms with Gasteiger partial charge in [0.15, 0.2) is 0 Å². The monoisotopic (exact) mass is 500 g/mol. The maximum atomic E-state index is 12.9. The van der Waals surface area contributed by atoms with Gasteiger partial charge in [-0.3, -0.25) is 9.52 Å². The van der Waals surface area contributed by atoms with E-state index in [9.17, 15) is 13.2 Å². The van der Waals surface area contributed by atoms with Crippen molar-refractivity contribution in [2.24, 2.45) is 0 Å². The van der Waals surface area contributed by atoms with Crippen molar-refractivity contribution in [1.29, 1.82) is 0 Å². The molecule has 2 heterocycles. The van der Waals surface area contributed by atoms with E-state index >= 15 is 0 Å². The zero-order valence-corrected chi connectivity index (χ0v) is 20.3. The summed E-state index contributed by atoms with van der Waals surface area (Å²) in [7, 11) is -3.75. The van der Waals surface area contributed by atoms with E-state index in [0.717, 1.165) is 11.4 Å². The maximum Gasteiger partial charge on any atom is 0.263 e. The highest BCUT2D eigenvalue weighted by Crippen LogP contribution is 2.22. The molecule has 1 atom stereocenters. The standard InChI is InChI=1S/C23H27N7O3S.H3N.H2/c1-17(27-21-5-3-2-4-20(21)24)23(31)30-14-12-29(13-15-30)18-6-8-19(9-7-18)34(32,33)28-22-10-11-25-16-26-22;;/h2-11,16-17,27H,12-15,24H2,1H3,(H,25,26,28);1H3;1H. The Labute approximate surface area is 206 Å². The zero-order valence-electron chi connectivity index (χ0n) is 19.5. The van der Waals surface area contributed by atoms with Gasteiger partial charge in [0.25, 0.3) is 10.0 Å². The van der Waals surface area contributed by atoms with Gasteiger partial charge in [0.2, 0.25) is 5.91 Å². The van der Waals surface area contributed by atoms with Gasteiger partial charge in [-0.05, 0) is 49.4 Å². The van der Waals surface area contributed by atoms with Gasteiger partial charge in [0, 0.05) is 39.5 Å². The van der Waals surface area contributed by atoms with Crippen LogP contribution in [-0.2, 0) is 14.8 Å². The molecule has 0 spiro atoms. The molecule has 1 aliphatic heterocycles. The summed E-state index contributed by atoms with van der Waals surface area (Å²) in [5, 5.41) is 3.19. The fraction of sp³-hybridized carbons (Fsp3) is 0.261. The minimum Gasteiger partial charge on any atom is -0.397 e. The molecule has 188 valence electrons. The molecule has 0 saturated carbocycles. The Kier molecular flexibility index (Phi) is 8.10. The lowest BCUT2D eigenvalue weighted by Gasteiger charge is -2.37. The molecule has 1 aromatic heterocycles. The minimum absolute atomic E-state index is 0. The van der Waals surface area contributed by atoms with Crippen molar-refractivity contribution in [3.8, 4) is 0 Å². The van der Waals surface area contributed by atoms with Gasteiger partial charge >= 0.3 is 0 Å². The van der Waals surface area contributed by atoms with Crippen molar-refractivity contribution in [3.63, 3.8) is 0 Å². The number of hydrogen-bond acceptors (Lipinski definition) is 9. The average molecular weight is 501 g/mol. The number of nitrogen functional groups attached to an aromatic ring is 1. The van der Waals surface area contributed by atoms with Crippen molar-refractivity contribution < 1.29 is 14.6 Å². The summed E-state index contributed by atoms with van der Waals surface area (Å²) in [5.41, 5.74) is 8.21. The third kappa shape index (κ3) is 6.16. The number of rotatable bonds is 7. The van der Waals surface area contributed by atoms with Gasteiger partial charge in [0.05, 0.1) is 16.3 Å². The highest BCUT2D eigenvalue weighted by molar-refractivity contribution is 7.92. The van der Waals surface area contributed by atoms with E-state index in [0.29, 0.717) is 31.9 Å². The Hall–Kier alpha value is -3.90. The third-order valence-electron chi connectivity index (χ3n) is 5.63. The van der Waals surface area contributed by atoms with Gasteiger partial charge < -0.3 is 27.0 Å². The largest absolute Gasteiger partial charge is 0.397 e. The first-order chi connectivity index (χ1) is 16.3. The molecule has 2 aromatic carbocycles. The topological polar surface area (TPSA) is 169 Å². The number of para-hydroxylation sites is 2. The number of nitrogens with zero attached hydrogens (tertiary/aromatic N) is 4. The number of benzene rings is 2. The third-order valence-corrected chi connectivity index (χ3v) is 7.00. The van der Waals surface area contributed by atoms with Crippen LogP contribution in [0.1, 0.15) is 8.35 Å². The van der Waals surface area contributed by atoms with Crippen molar-refractivity contribution >= 4 is 38.8 Å². The molecule has 7 N–H and O–H groups in total. The Morgan fingerprint density at radius 2 is 1.74 bits per heavy atom. The Morgan fingerprint density at radius 3 is 2.37 bits per heavy atom. The van der Waals surface area contributed by atoms with E-state index in [1.54, 1.807) is 30.3 Å². The lowest BCUT2D eigenvalue weighted by atomic mass is 10.2. The van der Waals surface area contributed by atoms with Crippen LogP contribution in [0, 0.1) is 0 Å². The summed E-state index contributed by atoms with van der Waals surface area (Å²) >= 11 is 0. The quantitative estimate of drug-likeness (QED) is 0.356. The molecule has 4 rings (SSSR count). The van der Waals surface area contributed by atoms with E-state index in [1.807, 2.05) is 30.0 Å². The fourth-order valence-electron chi connectivity index (χ4n) is 3.77. The summed E-state index contributed by atoms with van der Waals surface area (Å²) in [4.78, 5) is 24.7. The summed E-state index contributed by atoms with van der Waals surface area (Å²) in [6.07, 6.45) is 2.74. The normalized spacial score (nSPS) is 14.5. The first kappa shape index (κ1) is 25.7. The number of aromatic nitrogens is 2. The Balaban J connectivity index is 0.00000228. The molecule has 35 heavy (non-hydrogen) atoms. The minimum atomic E-state index is -3.75. The number of piperazine rings is 1. The second kappa shape index (κ2) is 11.0. The fourth-order valence-corrected chi connectivity index (χ4v) is 4.77. The van der Waals surface area contributed by atoms with Crippen LogP contribution in [0.2, 0.25) is 0 Å². The molecule has 0 radical (unpaired) electrons. The number of carbonyl (C=O) groups excluding carboxylic acids is 1. The van der Waals surface area contributed by atoms with Crippen LogP contribution >= 0.6 is 0 Å². The molecule has 3 aromatic rings. The summed E-state index contributed by atoms with van der Waals surface area (Å²) in [5.74, 6) is 0.221. The lowest BCUT2D eigenvalue weighted by molar-refractivity contribution is -0.131. The summed E-state index contributed by atoms with van der Waals surface area (Å²) in [6.45, 7) is 4.28. The van der Waals surface area contributed by atoms with Crippen molar-refractivity contribution in [2.45, 2.75) is 17.9 Å². The van der Waals surface area contributed by atoms with Crippen LogP contribution in [0.3, 0.4) is 0 Å². The van der Waals surface area contributed by atoms with Gasteiger partial charge in [-0.2, -0.15) is 0 Å². The first-order valence-corrected chi connectivity index (χ1v) is 12.4. The summed E-state index contributed by atoms with van der Waals surface area (Å²) < 4.78 is 27.6. The number of nitrogens with one attached hydrogen (secondary N) is 2. The Bertz CT molecular complexity index is 1240. The number of hydrogen-bond donors (Lipinski definition) is 4. The predicted octanol–water partition coefficient (Wildman–Crippen LogP) is 2.42. The molecule has 1 amide bonds. The number of nitrogens with two attached hydrogens (primary N) is 1. The molecule has 1 unspecified atom stereocenters. The second-order valence-electron chi connectivity index (χ2n) is 7.96. The highest BCUT2D eigenvalue weighted by atomic mass is 32.2. The van der Waals surface area contributed by atoms with Crippen LogP contribution in [0.15, 0.2) is 72.0 Å². The lowest BCUT2D eigenvalue weighted by Crippen LogP contribution is -2.52. The van der Waals surface area contributed by atoms with Crippen molar-refractivity contribution in [3.05, 3.63) is 67.1 Å². The van der Waals surface area contributed by atoms with E-state index in [2.05, 4.69) is 24.9 Å². The number of anilines is 4. The molecule has 12 heteroatoms. The first-order valence-electron chi connectivity index (χ1n) is 10.9. The van der Waals surface area contributed by atoms with Crippen molar-refractivity contribution in [2.75, 3.05) is 46.9 Å². The van der Waals surface area contributed by atoms with E-state index < -0.39 is 16.1 Å². The molecule has 11 nitrogen and oxygen atoms in total. The molecule has 0 bridgehead atoms. The zero-order chi connectivity index (χ0) is 24.1. The smallest absolute Gasteiger partial charge is 0.263 e. The van der Waals surface area contributed by atoms with E-state index in [1.165, 1.54) is 18.6 Å². The molecule has 1 aliphatic rings. The van der Waals surface area contributed by atoms with Crippen LogP contribution < -0.4 is 26.8 Å². The maximum absolute atomic E-state index is 12.9. The van der Waals surface area contributed by atoms with Gasteiger partial charge in [-0.25, -0.2) is 18.4 Å². The second-order valence-corrected chi connectivity index (χ2v) is 9.64. The Morgan fingerprint density at radius 1 is 1.06 bits per heavy atom. The number of amides is 1. The number of carbonyl (C=O) groups is 1. The SMILES string of the molecule is CC(Nc1ccccc1N)C(=O)N1CCN(c2ccc(S(=O)(=O)Nc3ccncn3)cc2)CC1.N.[HH]. The van der Waals surface area contributed by atoms with Gasteiger partial charge in [-0.1, -0.05) is 12.1 Å². The van der Waals surface area contributed by atoms with E-state index in [-0.39, 0.29) is 24.2 Å². The molecule has 0 aliphatic carbocycles. The van der Waals surface area contributed by atoms with Crippen LogP contribution in [0.25, 0.3) is 0 Å². The highest BCUT2D eigenvalue weighted by Gasteiger charge is 2.25. The van der Waals surface area contributed by atoms with Gasteiger partial charge in [0.1, 0.15) is 18.2 Å². The van der Waals surface area contributed by atoms with Gasteiger partial charge in [-0.15, -0.1) is 0 Å². The summed E-state index contributed by atoms with van der Waals surface area (Å²) in [6, 6.07) is 15.1. The molecule has 1 saturated heterocycles. The van der Waals surface area contributed by atoms with Crippen LogP contribution in [0.4, 0.5) is 22.9 Å².